The minimum absolute atomic E-state index is 0.220. The number of benzene rings is 2. The van der Waals surface area contributed by atoms with Gasteiger partial charge >= 0.3 is 5.97 Å². The van der Waals surface area contributed by atoms with Gasteiger partial charge in [0.2, 0.25) is 0 Å². The lowest BCUT2D eigenvalue weighted by Crippen LogP contribution is -2.32. The number of carbonyl (C=O) groups is 1. The topological polar surface area (TPSA) is 90.1 Å². The monoisotopic (exact) mass is 488 g/mol. The van der Waals surface area contributed by atoms with Gasteiger partial charge in [-0.15, -0.1) is 10.2 Å². The molecule has 0 fully saturated rings. The highest BCUT2D eigenvalue weighted by atomic mass is 32.1. The molecule has 0 saturated carbocycles. The van der Waals surface area contributed by atoms with E-state index in [-0.39, 0.29) is 6.42 Å². The number of nitriles is 1. The average molecular weight is 489 g/mol. The number of aliphatic carboxylic acids is 1. The van der Waals surface area contributed by atoms with E-state index in [4.69, 9.17) is 5.11 Å². The minimum atomic E-state index is -0.730. The van der Waals surface area contributed by atoms with Gasteiger partial charge in [0.15, 0.2) is 0 Å². The Hall–Kier alpha value is -3.08. The number of fused-ring (bicyclic) bond motifs is 1. The molecule has 1 aliphatic heterocycles. The molecule has 4 rings (SSSR count). The lowest BCUT2D eigenvalue weighted by atomic mass is 9.89. The molecule has 0 amide bonds. The number of hydrogen-bond donors (Lipinski definition) is 1. The number of nitrogens with zero attached hydrogens (tertiary/aromatic N) is 4. The Labute approximate surface area is 211 Å². The summed E-state index contributed by atoms with van der Waals surface area (Å²) in [4.78, 5) is 13.2. The molecule has 2 heterocycles. The van der Waals surface area contributed by atoms with Crippen molar-refractivity contribution in [1.82, 2.24) is 15.1 Å². The zero-order valence-corrected chi connectivity index (χ0v) is 21.5. The van der Waals surface area contributed by atoms with Crippen LogP contribution in [0.5, 0.6) is 0 Å². The van der Waals surface area contributed by atoms with Gasteiger partial charge in [-0.1, -0.05) is 56.4 Å². The van der Waals surface area contributed by atoms with Crippen molar-refractivity contribution in [1.29, 1.82) is 5.26 Å². The molecule has 35 heavy (non-hydrogen) atoms. The van der Waals surface area contributed by atoms with Gasteiger partial charge in [-0.05, 0) is 66.5 Å². The molecule has 1 aliphatic rings. The second kappa shape index (κ2) is 11.1. The first-order valence-electron chi connectivity index (χ1n) is 12.3. The van der Waals surface area contributed by atoms with E-state index < -0.39 is 5.97 Å². The molecule has 1 aromatic heterocycles. The van der Waals surface area contributed by atoms with E-state index in [1.807, 2.05) is 12.1 Å². The third kappa shape index (κ3) is 5.77. The van der Waals surface area contributed by atoms with Gasteiger partial charge in [-0.3, -0.25) is 9.69 Å². The number of hydrogen-bond acceptors (Lipinski definition) is 6. The maximum atomic E-state index is 10.8. The SMILES string of the molecule is CCc1c(-c2nnc(-c3ccc(CC(C)C)c(C#N)c3)s2)ccc2c1CCN(CCCC(=O)O)C2. The lowest BCUT2D eigenvalue weighted by molar-refractivity contribution is -0.137. The van der Waals surface area contributed by atoms with Crippen LogP contribution in [0.15, 0.2) is 30.3 Å². The van der Waals surface area contributed by atoms with Crippen molar-refractivity contribution in [3.8, 4) is 27.2 Å². The predicted octanol–water partition coefficient (Wildman–Crippen LogP) is 5.73. The molecular formula is C28H32N4O2S. The van der Waals surface area contributed by atoms with Crippen LogP contribution in [0.25, 0.3) is 21.1 Å². The van der Waals surface area contributed by atoms with Crippen LogP contribution < -0.4 is 0 Å². The molecule has 3 aromatic rings. The molecule has 0 atom stereocenters. The number of aromatic nitrogens is 2. The highest BCUT2D eigenvalue weighted by Gasteiger charge is 2.22. The van der Waals surface area contributed by atoms with E-state index in [0.717, 1.165) is 65.6 Å². The Morgan fingerprint density at radius 3 is 2.74 bits per heavy atom. The fraction of sp³-hybridized carbons (Fsp3) is 0.429. The standard InChI is InChI=1S/C28H32N4O2S/c1-4-23-24-11-13-32(12-5-6-26(33)34)17-21(24)9-10-25(23)28-31-30-27(35-28)20-8-7-19(14-18(2)3)22(15-20)16-29/h7-10,15,18H,4-6,11-14,17H2,1-3H3,(H,33,34). The Bertz CT molecular complexity index is 1260. The first-order chi connectivity index (χ1) is 16.9. The van der Waals surface area contributed by atoms with E-state index in [2.05, 4.69) is 60.1 Å². The van der Waals surface area contributed by atoms with Crippen molar-refractivity contribution < 1.29 is 9.90 Å². The summed E-state index contributed by atoms with van der Waals surface area (Å²) in [6.07, 6.45) is 3.68. The highest BCUT2D eigenvalue weighted by Crippen LogP contribution is 2.36. The number of carboxylic acids is 1. The van der Waals surface area contributed by atoms with Crippen LogP contribution in [0.3, 0.4) is 0 Å². The van der Waals surface area contributed by atoms with Gasteiger partial charge in [0, 0.05) is 30.6 Å². The first kappa shape index (κ1) is 25.0. The molecule has 1 N–H and O–H groups in total. The van der Waals surface area contributed by atoms with Gasteiger partial charge in [0.05, 0.1) is 11.6 Å². The smallest absolute Gasteiger partial charge is 0.303 e. The minimum Gasteiger partial charge on any atom is -0.481 e. The van der Waals surface area contributed by atoms with Gasteiger partial charge < -0.3 is 5.11 Å². The second-order valence-electron chi connectivity index (χ2n) is 9.60. The summed E-state index contributed by atoms with van der Waals surface area (Å²) in [5.74, 6) is -0.235. The second-order valence-corrected chi connectivity index (χ2v) is 10.6. The molecule has 0 saturated heterocycles. The van der Waals surface area contributed by atoms with Crippen molar-refractivity contribution >= 4 is 17.3 Å². The number of rotatable bonds is 9. The molecular weight excluding hydrogens is 456 g/mol. The summed E-state index contributed by atoms with van der Waals surface area (Å²) < 4.78 is 0. The predicted molar refractivity (Wildman–Crippen MR) is 139 cm³/mol. The van der Waals surface area contributed by atoms with E-state index in [1.165, 1.54) is 16.7 Å². The maximum absolute atomic E-state index is 10.8. The highest BCUT2D eigenvalue weighted by molar-refractivity contribution is 7.17. The van der Waals surface area contributed by atoms with E-state index in [9.17, 15) is 10.1 Å². The summed E-state index contributed by atoms with van der Waals surface area (Å²) in [7, 11) is 0. The zero-order valence-electron chi connectivity index (χ0n) is 20.7. The molecule has 7 heteroatoms. The summed E-state index contributed by atoms with van der Waals surface area (Å²) in [5.41, 5.74) is 7.94. The average Bonchev–Trinajstić information content (AvgIpc) is 3.33. The Balaban J connectivity index is 1.57. The zero-order chi connectivity index (χ0) is 24.9. The first-order valence-corrected chi connectivity index (χ1v) is 13.2. The van der Waals surface area contributed by atoms with Gasteiger partial charge in [-0.2, -0.15) is 5.26 Å². The quantitative estimate of drug-likeness (QED) is 0.414. The summed E-state index contributed by atoms with van der Waals surface area (Å²) in [6, 6.07) is 12.7. The van der Waals surface area contributed by atoms with Crippen molar-refractivity contribution in [2.75, 3.05) is 13.1 Å². The molecule has 0 aliphatic carbocycles. The molecule has 6 nitrogen and oxygen atoms in total. The fourth-order valence-electron chi connectivity index (χ4n) is 4.92. The summed E-state index contributed by atoms with van der Waals surface area (Å²) >= 11 is 1.57. The molecule has 2 aromatic carbocycles. The molecule has 182 valence electrons. The van der Waals surface area contributed by atoms with Crippen LogP contribution in [0.2, 0.25) is 0 Å². The van der Waals surface area contributed by atoms with Crippen molar-refractivity contribution in [2.24, 2.45) is 5.92 Å². The van der Waals surface area contributed by atoms with Gasteiger partial charge in [0.1, 0.15) is 10.0 Å². The largest absolute Gasteiger partial charge is 0.481 e. The van der Waals surface area contributed by atoms with E-state index in [1.54, 1.807) is 11.3 Å². The Morgan fingerprint density at radius 1 is 1.23 bits per heavy atom. The van der Waals surface area contributed by atoms with Crippen LogP contribution in [0, 0.1) is 17.2 Å². The van der Waals surface area contributed by atoms with E-state index >= 15 is 0 Å². The van der Waals surface area contributed by atoms with Crippen LogP contribution in [0.4, 0.5) is 0 Å². The van der Waals surface area contributed by atoms with Crippen LogP contribution in [-0.4, -0.2) is 39.3 Å². The summed E-state index contributed by atoms with van der Waals surface area (Å²) in [5, 5.41) is 29.3. The summed E-state index contributed by atoms with van der Waals surface area (Å²) in [6.45, 7) is 9.13. The third-order valence-electron chi connectivity index (χ3n) is 6.58. The van der Waals surface area contributed by atoms with Crippen LogP contribution in [0.1, 0.15) is 61.4 Å². The maximum Gasteiger partial charge on any atom is 0.303 e. The molecule has 0 unspecified atom stereocenters. The van der Waals surface area contributed by atoms with Crippen molar-refractivity contribution in [2.45, 2.75) is 59.4 Å². The van der Waals surface area contributed by atoms with Gasteiger partial charge in [-0.25, -0.2) is 0 Å². The van der Waals surface area contributed by atoms with Crippen LogP contribution in [-0.2, 0) is 30.6 Å². The van der Waals surface area contributed by atoms with Gasteiger partial charge in [0.25, 0.3) is 0 Å². The molecule has 0 radical (unpaired) electrons. The molecule has 0 spiro atoms. The number of carboxylic acid groups (broad SMARTS) is 1. The van der Waals surface area contributed by atoms with E-state index in [0.29, 0.717) is 17.9 Å². The fourth-order valence-corrected chi connectivity index (χ4v) is 5.81. The normalized spacial score (nSPS) is 13.6. The lowest BCUT2D eigenvalue weighted by Gasteiger charge is -2.30. The Morgan fingerprint density at radius 2 is 2.03 bits per heavy atom. The van der Waals surface area contributed by atoms with Crippen LogP contribution >= 0.6 is 11.3 Å². The third-order valence-corrected chi connectivity index (χ3v) is 7.59. The van der Waals surface area contributed by atoms with Crippen molar-refractivity contribution in [3.05, 3.63) is 58.1 Å². The molecule has 0 bridgehead atoms. The Kier molecular flexibility index (Phi) is 7.94. The van der Waals surface area contributed by atoms with Crippen molar-refractivity contribution in [3.63, 3.8) is 0 Å².